The zero-order chi connectivity index (χ0) is 9.97. The standard InChI is InChI=1S/C13H18O/c1-2-5-10-8-9-13(14)12-7-4-3-6-11(10)12/h8-9,14H,2-7H2,1H3/p+1. The predicted molar refractivity (Wildman–Crippen MR) is 60.1 cm³/mol. The Balaban J connectivity index is 2.42. The van der Waals surface area contributed by atoms with Crippen molar-refractivity contribution in [2.24, 2.45) is 0 Å². The molecule has 0 aliphatic heterocycles. The number of aryl methyl sites for hydroxylation is 1. The zero-order valence-corrected chi connectivity index (χ0v) is 8.90. The quantitative estimate of drug-likeness (QED) is 0.641. The van der Waals surface area contributed by atoms with Crippen LogP contribution in [0.2, 0.25) is 0 Å². The van der Waals surface area contributed by atoms with Crippen LogP contribution < -0.4 is 0 Å². The van der Waals surface area contributed by atoms with Gasteiger partial charge in [-0.1, -0.05) is 13.3 Å². The zero-order valence-electron chi connectivity index (χ0n) is 8.90. The third kappa shape index (κ3) is 1.63. The molecular weight excluding hydrogens is 172 g/mol. The normalized spacial score (nSPS) is 15.2. The molecule has 1 aliphatic carbocycles. The molecule has 0 amide bonds. The Bertz CT molecular complexity index is 328. The fourth-order valence-electron chi connectivity index (χ4n) is 2.45. The second kappa shape index (κ2) is 4.04. The van der Waals surface area contributed by atoms with Crippen molar-refractivity contribution in [3.05, 3.63) is 28.8 Å². The van der Waals surface area contributed by atoms with E-state index in [1.807, 2.05) is 6.07 Å². The van der Waals surface area contributed by atoms with E-state index in [2.05, 4.69) is 13.0 Å². The first-order valence-electron chi connectivity index (χ1n) is 5.68. The molecule has 1 aromatic carbocycles. The fraction of sp³-hybridized carbons (Fsp3) is 0.538. The van der Waals surface area contributed by atoms with E-state index in [9.17, 15) is 0 Å². The average molecular weight is 191 g/mol. The average Bonchev–Trinajstić information content (AvgIpc) is 2.23. The molecule has 1 aliphatic rings. The van der Waals surface area contributed by atoms with Crippen LogP contribution in [0.3, 0.4) is 0 Å². The van der Waals surface area contributed by atoms with Gasteiger partial charge in [-0.05, 0) is 49.3 Å². The summed E-state index contributed by atoms with van der Waals surface area (Å²) in [5.74, 6) is 0.763. The van der Waals surface area contributed by atoms with Gasteiger partial charge in [-0.2, -0.15) is 0 Å². The molecule has 0 bridgehead atoms. The van der Waals surface area contributed by atoms with Crippen molar-refractivity contribution in [3.63, 3.8) is 0 Å². The van der Waals surface area contributed by atoms with E-state index in [-0.39, 0.29) is 0 Å². The maximum atomic E-state index is 7.88. The Morgan fingerprint density at radius 3 is 2.57 bits per heavy atom. The minimum absolute atomic E-state index is 0.763. The molecule has 0 aromatic heterocycles. The summed E-state index contributed by atoms with van der Waals surface area (Å²) in [7, 11) is 0. The lowest BCUT2D eigenvalue weighted by Crippen LogP contribution is -2.06. The van der Waals surface area contributed by atoms with Crippen molar-refractivity contribution in [1.82, 2.24) is 0 Å². The fourth-order valence-corrected chi connectivity index (χ4v) is 2.45. The van der Waals surface area contributed by atoms with Crippen molar-refractivity contribution in [2.45, 2.75) is 45.4 Å². The Kier molecular flexibility index (Phi) is 2.76. The molecular formula is C13H19O+. The first-order valence-corrected chi connectivity index (χ1v) is 5.68. The van der Waals surface area contributed by atoms with Gasteiger partial charge in [0.1, 0.15) is 0 Å². The number of hydrogen-bond acceptors (Lipinski definition) is 0. The van der Waals surface area contributed by atoms with Crippen LogP contribution >= 0.6 is 0 Å². The lowest BCUT2D eigenvalue weighted by Gasteiger charge is -2.18. The summed E-state index contributed by atoms with van der Waals surface area (Å²) in [6.45, 7) is 2.23. The second-order valence-corrected chi connectivity index (χ2v) is 4.19. The van der Waals surface area contributed by atoms with E-state index in [4.69, 9.17) is 5.11 Å². The molecule has 0 radical (unpaired) electrons. The third-order valence-electron chi connectivity index (χ3n) is 3.15. The molecule has 0 heterocycles. The van der Waals surface area contributed by atoms with E-state index >= 15 is 0 Å². The summed E-state index contributed by atoms with van der Waals surface area (Å²) in [5, 5.41) is 7.88. The highest BCUT2D eigenvalue weighted by Crippen LogP contribution is 2.31. The molecule has 1 nitrogen and oxygen atoms in total. The van der Waals surface area contributed by atoms with Gasteiger partial charge >= 0.3 is 0 Å². The monoisotopic (exact) mass is 191 g/mol. The van der Waals surface area contributed by atoms with E-state index in [0.29, 0.717) is 0 Å². The Labute approximate surface area is 85.8 Å². The largest absolute Gasteiger partial charge is 0.593 e. The minimum atomic E-state index is 0.763. The highest BCUT2D eigenvalue weighted by Gasteiger charge is 2.18. The molecule has 1 aromatic rings. The third-order valence-corrected chi connectivity index (χ3v) is 3.15. The Morgan fingerprint density at radius 1 is 1.14 bits per heavy atom. The van der Waals surface area contributed by atoms with Crippen LogP contribution in [0.15, 0.2) is 12.1 Å². The summed E-state index contributed by atoms with van der Waals surface area (Å²) in [6, 6.07) is 4.14. The van der Waals surface area contributed by atoms with Crippen molar-refractivity contribution in [2.75, 3.05) is 0 Å². The van der Waals surface area contributed by atoms with Crippen LogP contribution in [-0.2, 0) is 19.3 Å². The molecule has 14 heavy (non-hydrogen) atoms. The number of rotatable bonds is 2. The summed E-state index contributed by atoms with van der Waals surface area (Å²) in [5.41, 5.74) is 4.34. The molecule has 0 saturated carbocycles. The minimum Gasteiger partial charge on any atom is -0.593 e. The first kappa shape index (κ1) is 9.57. The van der Waals surface area contributed by atoms with Crippen molar-refractivity contribution >= 4 is 0 Å². The maximum absolute atomic E-state index is 7.88. The molecule has 0 unspecified atom stereocenters. The second-order valence-electron chi connectivity index (χ2n) is 4.19. The van der Waals surface area contributed by atoms with Crippen LogP contribution in [0, 0.1) is 0 Å². The number of benzene rings is 1. The Morgan fingerprint density at radius 2 is 1.86 bits per heavy atom. The van der Waals surface area contributed by atoms with E-state index in [1.54, 1.807) is 0 Å². The van der Waals surface area contributed by atoms with Gasteiger partial charge in [0.05, 0.1) is 5.56 Å². The van der Waals surface area contributed by atoms with Gasteiger partial charge in [-0.25, -0.2) is 0 Å². The summed E-state index contributed by atoms with van der Waals surface area (Å²) in [4.78, 5) is 0. The van der Waals surface area contributed by atoms with Crippen molar-refractivity contribution in [1.29, 1.82) is 0 Å². The number of fused-ring (bicyclic) bond motifs is 1. The first-order chi connectivity index (χ1) is 6.83. The van der Waals surface area contributed by atoms with Crippen LogP contribution in [-0.4, -0.2) is 5.11 Å². The molecule has 76 valence electrons. The van der Waals surface area contributed by atoms with Gasteiger partial charge in [-0.3, -0.25) is 0 Å². The van der Waals surface area contributed by atoms with E-state index in [0.717, 1.165) is 12.2 Å². The molecule has 2 N–H and O–H groups in total. The summed E-state index contributed by atoms with van der Waals surface area (Å²) < 4.78 is 0. The SMILES string of the molecule is CCCc1ccc([OH2+])c2c1CCCC2. The number of hydrogen-bond donors (Lipinski definition) is 0. The molecule has 0 atom stereocenters. The van der Waals surface area contributed by atoms with E-state index < -0.39 is 0 Å². The highest BCUT2D eigenvalue weighted by molar-refractivity contribution is 5.45. The van der Waals surface area contributed by atoms with Gasteiger partial charge in [0.15, 0.2) is 0 Å². The van der Waals surface area contributed by atoms with Crippen molar-refractivity contribution < 1.29 is 5.11 Å². The van der Waals surface area contributed by atoms with Crippen molar-refractivity contribution in [3.8, 4) is 5.75 Å². The lowest BCUT2D eigenvalue weighted by molar-refractivity contribution is 0.461. The van der Waals surface area contributed by atoms with Gasteiger partial charge in [0.25, 0.3) is 5.75 Å². The van der Waals surface area contributed by atoms with Gasteiger partial charge in [0.2, 0.25) is 0 Å². The smallest absolute Gasteiger partial charge is 0.257 e. The van der Waals surface area contributed by atoms with Crippen LogP contribution in [0.1, 0.15) is 42.9 Å². The molecule has 1 heteroatoms. The maximum Gasteiger partial charge on any atom is 0.257 e. The molecule has 0 spiro atoms. The van der Waals surface area contributed by atoms with E-state index in [1.165, 1.54) is 48.8 Å². The Hall–Kier alpha value is -0.980. The van der Waals surface area contributed by atoms with Crippen LogP contribution in [0.5, 0.6) is 5.75 Å². The van der Waals surface area contributed by atoms with Crippen LogP contribution in [0.25, 0.3) is 0 Å². The summed E-state index contributed by atoms with van der Waals surface area (Å²) in [6.07, 6.45) is 7.32. The van der Waals surface area contributed by atoms with Gasteiger partial charge in [-0.15, -0.1) is 0 Å². The van der Waals surface area contributed by atoms with Gasteiger partial charge in [0, 0.05) is 6.07 Å². The van der Waals surface area contributed by atoms with Gasteiger partial charge < -0.3 is 5.11 Å². The highest BCUT2D eigenvalue weighted by atomic mass is 16.3. The van der Waals surface area contributed by atoms with Crippen LogP contribution in [0.4, 0.5) is 0 Å². The predicted octanol–water partition coefficient (Wildman–Crippen LogP) is 2.96. The molecule has 0 saturated heterocycles. The summed E-state index contributed by atoms with van der Waals surface area (Å²) >= 11 is 0. The lowest BCUT2D eigenvalue weighted by atomic mass is 9.86. The molecule has 2 rings (SSSR count). The topological polar surface area (TPSA) is 22.9 Å². The molecule has 0 fully saturated rings.